The summed E-state index contributed by atoms with van der Waals surface area (Å²) in [7, 11) is 0. The number of nitrogens with zero attached hydrogens (tertiary/aromatic N) is 1. The number of likely N-dealkylation sites (N-methyl/N-ethyl adjacent to an activating group) is 1. The summed E-state index contributed by atoms with van der Waals surface area (Å²) in [5.74, 6) is 0.197. The molecule has 2 aromatic rings. The average molecular weight is 424 g/mol. The molecule has 2 aromatic carbocycles. The third-order valence-corrected chi connectivity index (χ3v) is 5.54. The summed E-state index contributed by atoms with van der Waals surface area (Å²) >= 11 is 0. The van der Waals surface area contributed by atoms with Crippen molar-refractivity contribution in [2.75, 3.05) is 31.5 Å². The van der Waals surface area contributed by atoms with Crippen LogP contribution >= 0.6 is 0 Å². The van der Waals surface area contributed by atoms with E-state index in [0.717, 1.165) is 31.6 Å². The summed E-state index contributed by atoms with van der Waals surface area (Å²) in [4.78, 5) is 27.2. The van der Waals surface area contributed by atoms with Crippen molar-refractivity contribution in [3.05, 3.63) is 65.2 Å². The van der Waals surface area contributed by atoms with Gasteiger partial charge in [-0.3, -0.25) is 9.59 Å². The molecule has 0 aliphatic heterocycles. The molecule has 5 nitrogen and oxygen atoms in total. The molecular formula is C26H37N3O2. The van der Waals surface area contributed by atoms with Crippen LogP contribution in [0.25, 0.3) is 0 Å². The summed E-state index contributed by atoms with van der Waals surface area (Å²) in [6.07, 6.45) is 1.04. The molecule has 0 aliphatic carbocycles. The van der Waals surface area contributed by atoms with E-state index >= 15 is 0 Å². The number of amides is 2. The Morgan fingerprint density at radius 3 is 2.06 bits per heavy atom. The van der Waals surface area contributed by atoms with Gasteiger partial charge in [-0.2, -0.15) is 0 Å². The van der Waals surface area contributed by atoms with Crippen LogP contribution in [0.15, 0.2) is 48.5 Å². The lowest BCUT2D eigenvalue weighted by Crippen LogP contribution is -2.34. The van der Waals surface area contributed by atoms with Crippen molar-refractivity contribution in [2.24, 2.45) is 5.92 Å². The number of hydrogen-bond donors (Lipinski definition) is 2. The van der Waals surface area contributed by atoms with Crippen LogP contribution in [0.2, 0.25) is 0 Å². The first kappa shape index (κ1) is 24.6. The molecule has 0 heterocycles. The predicted molar refractivity (Wildman–Crippen MR) is 129 cm³/mol. The number of nitrogens with one attached hydrogen (secondary N) is 2. The maximum atomic E-state index is 12.7. The van der Waals surface area contributed by atoms with Gasteiger partial charge in [0.1, 0.15) is 0 Å². The maximum Gasteiger partial charge on any atom is 0.251 e. The molecule has 0 bridgehead atoms. The molecule has 2 N–H and O–H groups in total. The molecule has 0 saturated carbocycles. The summed E-state index contributed by atoms with van der Waals surface area (Å²) < 4.78 is 0. The van der Waals surface area contributed by atoms with Gasteiger partial charge in [-0.25, -0.2) is 0 Å². The first-order chi connectivity index (χ1) is 14.8. The normalized spacial score (nSPS) is 12.1. The minimum Gasteiger partial charge on any atom is -0.351 e. The minimum absolute atomic E-state index is 0.0620. The Hall–Kier alpha value is -2.66. The van der Waals surface area contributed by atoms with Gasteiger partial charge in [-0.15, -0.1) is 0 Å². The van der Waals surface area contributed by atoms with Crippen molar-refractivity contribution in [3.63, 3.8) is 0 Å². The van der Waals surface area contributed by atoms with E-state index in [-0.39, 0.29) is 17.7 Å². The third-order valence-electron chi connectivity index (χ3n) is 5.54. The number of carbonyl (C=O) groups is 2. The fourth-order valence-electron chi connectivity index (χ4n) is 3.49. The molecule has 0 spiro atoms. The monoisotopic (exact) mass is 423 g/mol. The quantitative estimate of drug-likeness (QED) is 0.551. The van der Waals surface area contributed by atoms with Gasteiger partial charge in [-0.05, 0) is 67.7 Å². The lowest BCUT2D eigenvalue weighted by atomic mass is 9.96. The van der Waals surface area contributed by atoms with Crippen LogP contribution in [0.5, 0.6) is 0 Å². The Bertz CT molecular complexity index is 825. The number of hydrogen-bond acceptors (Lipinski definition) is 3. The minimum atomic E-state index is -0.254. The molecule has 0 aliphatic rings. The van der Waals surface area contributed by atoms with Crippen molar-refractivity contribution < 1.29 is 9.59 Å². The Labute approximate surface area is 187 Å². The average Bonchev–Trinajstić information content (AvgIpc) is 2.76. The highest BCUT2D eigenvalue weighted by Gasteiger charge is 2.16. The fourth-order valence-corrected chi connectivity index (χ4v) is 3.49. The molecule has 0 fully saturated rings. The lowest BCUT2D eigenvalue weighted by molar-refractivity contribution is -0.117. The van der Waals surface area contributed by atoms with Crippen molar-refractivity contribution in [1.29, 1.82) is 0 Å². The number of benzene rings is 2. The fraction of sp³-hybridized carbons (Fsp3) is 0.462. The SMILES string of the molecule is CCN(CC)CCNC(=O)c1ccc(NC(=O)C(C)c2ccc(CC(C)C)cc2)cc1. The molecular weight excluding hydrogens is 386 g/mol. The van der Waals surface area contributed by atoms with Gasteiger partial charge in [0.15, 0.2) is 0 Å². The largest absolute Gasteiger partial charge is 0.351 e. The van der Waals surface area contributed by atoms with E-state index in [2.05, 4.69) is 55.4 Å². The second kappa shape index (κ2) is 12.3. The van der Waals surface area contributed by atoms with Gasteiger partial charge >= 0.3 is 0 Å². The second-order valence-electron chi connectivity index (χ2n) is 8.41. The number of carbonyl (C=O) groups excluding carboxylic acids is 2. The van der Waals surface area contributed by atoms with Crippen molar-refractivity contribution in [2.45, 2.75) is 47.0 Å². The molecule has 1 atom stereocenters. The van der Waals surface area contributed by atoms with Crippen LogP contribution in [-0.2, 0) is 11.2 Å². The van der Waals surface area contributed by atoms with Gasteiger partial charge in [0.2, 0.25) is 5.91 Å². The highest BCUT2D eigenvalue weighted by atomic mass is 16.2. The molecule has 0 saturated heterocycles. The van der Waals surface area contributed by atoms with E-state index in [1.54, 1.807) is 24.3 Å². The Morgan fingerprint density at radius 1 is 0.903 bits per heavy atom. The van der Waals surface area contributed by atoms with E-state index in [9.17, 15) is 9.59 Å². The molecule has 168 valence electrons. The van der Waals surface area contributed by atoms with E-state index in [1.807, 2.05) is 19.1 Å². The number of anilines is 1. The summed E-state index contributed by atoms with van der Waals surface area (Å²) in [6, 6.07) is 15.3. The Morgan fingerprint density at radius 2 is 1.52 bits per heavy atom. The third kappa shape index (κ3) is 7.83. The van der Waals surface area contributed by atoms with Gasteiger partial charge in [-0.1, -0.05) is 52.0 Å². The van der Waals surface area contributed by atoms with Crippen LogP contribution in [-0.4, -0.2) is 42.9 Å². The molecule has 2 amide bonds. The predicted octanol–water partition coefficient (Wildman–Crippen LogP) is 4.70. The molecule has 31 heavy (non-hydrogen) atoms. The van der Waals surface area contributed by atoms with Crippen LogP contribution in [0.1, 0.15) is 62.0 Å². The van der Waals surface area contributed by atoms with Gasteiger partial charge in [0.05, 0.1) is 5.92 Å². The van der Waals surface area contributed by atoms with Gasteiger partial charge in [0.25, 0.3) is 5.91 Å². The molecule has 1 unspecified atom stereocenters. The van der Waals surface area contributed by atoms with Crippen LogP contribution in [0, 0.1) is 5.92 Å². The van der Waals surface area contributed by atoms with Gasteiger partial charge in [0, 0.05) is 24.3 Å². The second-order valence-corrected chi connectivity index (χ2v) is 8.41. The summed E-state index contributed by atoms with van der Waals surface area (Å²) in [5.41, 5.74) is 3.56. The topological polar surface area (TPSA) is 61.4 Å². The summed E-state index contributed by atoms with van der Waals surface area (Å²) in [5, 5.41) is 5.90. The van der Waals surface area contributed by atoms with Crippen molar-refractivity contribution in [1.82, 2.24) is 10.2 Å². The van der Waals surface area contributed by atoms with E-state index in [1.165, 1.54) is 5.56 Å². The smallest absolute Gasteiger partial charge is 0.251 e. The standard InChI is InChI=1S/C26H37N3O2/c1-6-29(7-2)17-16-27-26(31)23-12-14-24(15-13-23)28-25(30)20(5)22-10-8-21(9-11-22)18-19(3)4/h8-15,19-20H,6-7,16-18H2,1-5H3,(H,27,31)(H,28,30). The van der Waals surface area contributed by atoms with Crippen LogP contribution in [0.3, 0.4) is 0 Å². The van der Waals surface area contributed by atoms with Crippen LogP contribution in [0.4, 0.5) is 5.69 Å². The Balaban J connectivity index is 1.88. The zero-order valence-corrected chi connectivity index (χ0v) is 19.6. The first-order valence-corrected chi connectivity index (χ1v) is 11.3. The zero-order valence-electron chi connectivity index (χ0n) is 19.6. The highest BCUT2D eigenvalue weighted by Crippen LogP contribution is 2.20. The highest BCUT2D eigenvalue weighted by molar-refractivity contribution is 5.97. The van der Waals surface area contributed by atoms with E-state index < -0.39 is 0 Å². The lowest BCUT2D eigenvalue weighted by Gasteiger charge is -2.18. The zero-order chi connectivity index (χ0) is 22.8. The van der Waals surface area contributed by atoms with E-state index in [0.29, 0.717) is 23.7 Å². The van der Waals surface area contributed by atoms with Crippen LogP contribution < -0.4 is 10.6 Å². The van der Waals surface area contributed by atoms with Gasteiger partial charge < -0.3 is 15.5 Å². The first-order valence-electron chi connectivity index (χ1n) is 11.3. The molecule has 2 rings (SSSR count). The maximum absolute atomic E-state index is 12.7. The molecule has 0 aromatic heterocycles. The van der Waals surface area contributed by atoms with Crippen molar-refractivity contribution >= 4 is 17.5 Å². The number of rotatable bonds is 11. The van der Waals surface area contributed by atoms with E-state index in [4.69, 9.17) is 0 Å². The van der Waals surface area contributed by atoms with Crippen molar-refractivity contribution in [3.8, 4) is 0 Å². The molecule has 5 heteroatoms. The summed E-state index contributed by atoms with van der Waals surface area (Å²) in [6.45, 7) is 13.9. The Kier molecular flexibility index (Phi) is 9.73. The molecule has 0 radical (unpaired) electrons.